The minimum atomic E-state index is 0.309. The molecule has 1 saturated heterocycles. The molecule has 0 aromatic rings. The number of hydrogen-bond acceptors (Lipinski definition) is 3. The van der Waals surface area contributed by atoms with Crippen LogP contribution in [0.5, 0.6) is 0 Å². The Morgan fingerprint density at radius 2 is 1.46 bits per heavy atom. The van der Waals surface area contributed by atoms with E-state index in [9.17, 15) is 4.79 Å². The van der Waals surface area contributed by atoms with Crippen LogP contribution in [0.4, 0.5) is 0 Å². The maximum atomic E-state index is 12.0. The largest absolute Gasteiger partial charge is 0.396 e. The first-order valence-corrected chi connectivity index (χ1v) is 11.1. The normalized spacial score (nSPS) is 13.0. The van der Waals surface area contributed by atoms with Crippen LogP contribution in [-0.2, 0) is 9.63 Å². The summed E-state index contributed by atoms with van der Waals surface area (Å²) in [6, 6.07) is 0. The van der Waals surface area contributed by atoms with Crippen molar-refractivity contribution in [2.24, 2.45) is 11.1 Å². The van der Waals surface area contributed by atoms with E-state index >= 15 is 0 Å². The van der Waals surface area contributed by atoms with Crippen molar-refractivity contribution in [1.82, 2.24) is 4.90 Å². The van der Waals surface area contributed by atoms with E-state index in [0.717, 1.165) is 63.2 Å². The monoisotopic (exact) mass is 372 g/mol. The highest BCUT2D eigenvalue weighted by Gasteiger charge is 2.19. The number of amides is 1. The quantitative estimate of drug-likeness (QED) is 0.271. The number of piperidine rings is 1. The smallest absolute Gasteiger partial charge is 0.222 e. The molecule has 0 atom stereocenters. The number of oxime groups is 1. The van der Waals surface area contributed by atoms with Crippen LogP contribution in [0.15, 0.2) is 5.16 Å². The summed E-state index contributed by atoms with van der Waals surface area (Å²) in [5.41, 5.74) is 1.10. The van der Waals surface area contributed by atoms with Gasteiger partial charge in [0.25, 0.3) is 0 Å². The molecule has 1 aliphatic rings. The molecular formula is C22H48N2O2. The van der Waals surface area contributed by atoms with Gasteiger partial charge < -0.3 is 9.74 Å². The Hall–Kier alpha value is -1.06. The Morgan fingerprint density at radius 1 is 0.962 bits per heavy atom. The van der Waals surface area contributed by atoms with E-state index in [1.807, 2.05) is 46.4 Å². The van der Waals surface area contributed by atoms with Gasteiger partial charge in [0.2, 0.25) is 5.91 Å². The lowest BCUT2D eigenvalue weighted by Crippen LogP contribution is -2.37. The molecule has 0 aliphatic carbocycles. The predicted octanol–water partition coefficient (Wildman–Crippen LogP) is 6.69. The third kappa shape index (κ3) is 16.4. The van der Waals surface area contributed by atoms with Gasteiger partial charge in [-0.25, -0.2) is 0 Å². The average molecular weight is 373 g/mol. The molecule has 0 saturated carbocycles. The highest BCUT2D eigenvalue weighted by molar-refractivity contribution is 5.83. The summed E-state index contributed by atoms with van der Waals surface area (Å²) >= 11 is 0. The van der Waals surface area contributed by atoms with Gasteiger partial charge in [-0.3, -0.25) is 4.79 Å². The average Bonchev–Trinajstić information content (AvgIpc) is 2.72. The van der Waals surface area contributed by atoms with Crippen LogP contribution in [0, 0.1) is 5.92 Å². The predicted molar refractivity (Wildman–Crippen MR) is 117 cm³/mol. The standard InChI is InChI=1S/C16H30N2O2.3C2H6/c1-4-15(5-2)17-20-13-7-6-8-16(19)18-11-9-14(3)10-12-18;3*1-2/h14H,4-13H2,1-3H3;3*1-2H3. The van der Waals surface area contributed by atoms with E-state index in [-0.39, 0.29) is 0 Å². The van der Waals surface area contributed by atoms with Crippen LogP contribution in [0.3, 0.4) is 0 Å². The molecule has 0 aromatic heterocycles. The fraction of sp³-hybridized carbons (Fsp3) is 0.909. The van der Waals surface area contributed by atoms with Crippen molar-refractivity contribution in [3.05, 3.63) is 0 Å². The number of carbonyl (C=O) groups excluding carboxylic acids is 1. The lowest BCUT2D eigenvalue weighted by molar-refractivity contribution is -0.132. The zero-order valence-electron chi connectivity index (χ0n) is 19.4. The molecule has 4 nitrogen and oxygen atoms in total. The number of likely N-dealkylation sites (tertiary alicyclic amines) is 1. The topological polar surface area (TPSA) is 41.9 Å². The summed E-state index contributed by atoms with van der Waals surface area (Å²) in [5, 5.41) is 4.10. The van der Waals surface area contributed by atoms with Gasteiger partial charge in [0.1, 0.15) is 6.61 Å². The molecule has 1 amide bonds. The van der Waals surface area contributed by atoms with Gasteiger partial charge >= 0.3 is 0 Å². The van der Waals surface area contributed by atoms with Crippen molar-refractivity contribution in [2.75, 3.05) is 19.7 Å². The van der Waals surface area contributed by atoms with Gasteiger partial charge in [0, 0.05) is 19.5 Å². The van der Waals surface area contributed by atoms with E-state index in [0.29, 0.717) is 18.9 Å². The molecule has 0 unspecified atom stereocenters. The van der Waals surface area contributed by atoms with Crippen LogP contribution in [0.25, 0.3) is 0 Å². The molecule has 0 aromatic carbocycles. The molecule has 0 spiro atoms. The fourth-order valence-electron chi connectivity index (χ4n) is 2.37. The molecule has 1 rings (SSSR count). The maximum Gasteiger partial charge on any atom is 0.222 e. The van der Waals surface area contributed by atoms with Gasteiger partial charge in [-0.2, -0.15) is 0 Å². The van der Waals surface area contributed by atoms with Crippen LogP contribution in [0.1, 0.15) is 107 Å². The zero-order chi connectivity index (χ0) is 20.8. The van der Waals surface area contributed by atoms with Crippen LogP contribution in [0.2, 0.25) is 0 Å². The molecule has 1 aliphatic heterocycles. The second-order valence-electron chi connectivity index (χ2n) is 5.72. The zero-order valence-corrected chi connectivity index (χ0v) is 19.4. The fourth-order valence-corrected chi connectivity index (χ4v) is 2.37. The SMILES string of the molecule is CC.CC.CC.CCC(CC)=NOCCCCC(=O)N1CCC(C)CC1. The Morgan fingerprint density at radius 3 is 1.92 bits per heavy atom. The summed E-state index contributed by atoms with van der Waals surface area (Å²) < 4.78 is 0. The molecule has 1 fully saturated rings. The Bertz CT molecular complexity index is 303. The first-order chi connectivity index (χ1) is 12.7. The molecule has 0 radical (unpaired) electrons. The van der Waals surface area contributed by atoms with E-state index in [4.69, 9.17) is 4.84 Å². The summed E-state index contributed by atoms with van der Waals surface area (Å²) in [6.07, 6.45) is 6.65. The summed E-state index contributed by atoms with van der Waals surface area (Å²) in [5.74, 6) is 1.08. The van der Waals surface area contributed by atoms with Crippen molar-refractivity contribution in [3.8, 4) is 0 Å². The highest BCUT2D eigenvalue weighted by atomic mass is 16.6. The lowest BCUT2D eigenvalue weighted by Gasteiger charge is -2.30. The van der Waals surface area contributed by atoms with Gasteiger partial charge in [-0.05, 0) is 44.4 Å². The summed E-state index contributed by atoms with van der Waals surface area (Å²) in [6.45, 7) is 20.9. The minimum Gasteiger partial charge on any atom is -0.396 e. The highest BCUT2D eigenvalue weighted by Crippen LogP contribution is 2.17. The molecule has 1 heterocycles. The van der Waals surface area contributed by atoms with Gasteiger partial charge in [-0.15, -0.1) is 0 Å². The lowest BCUT2D eigenvalue weighted by atomic mass is 9.99. The van der Waals surface area contributed by atoms with Gasteiger partial charge in [-0.1, -0.05) is 67.5 Å². The number of nitrogens with zero attached hydrogens (tertiary/aromatic N) is 2. The second-order valence-corrected chi connectivity index (χ2v) is 5.72. The third-order valence-electron chi connectivity index (χ3n) is 4.02. The van der Waals surface area contributed by atoms with Gasteiger partial charge in [0.15, 0.2) is 0 Å². The van der Waals surface area contributed by atoms with E-state index in [2.05, 4.69) is 25.9 Å². The summed E-state index contributed by atoms with van der Waals surface area (Å²) in [4.78, 5) is 19.3. The number of unbranched alkanes of at least 4 members (excludes halogenated alkanes) is 1. The molecular weight excluding hydrogens is 324 g/mol. The van der Waals surface area contributed by atoms with Crippen molar-refractivity contribution in [3.63, 3.8) is 0 Å². The van der Waals surface area contributed by atoms with E-state index in [1.165, 1.54) is 0 Å². The van der Waals surface area contributed by atoms with Crippen LogP contribution in [-0.4, -0.2) is 36.2 Å². The first kappa shape index (κ1) is 29.7. The Labute approximate surface area is 164 Å². The van der Waals surface area contributed by atoms with Gasteiger partial charge in [0.05, 0.1) is 5.71 Å². The molecule has 4 heteroatoms. The van der Waals surface area contributed by atoms with E-state index in [1.54, 1.807) is 0 Å². The second kappa shape index (κ2) is 23.9. The van der Waals surface area contributed by atoms with Crippen molar-refractivity contribution in [2.45, 2.75) is 107 Å². The number of rotatable bonds is 8. The third-order valence-corrected chi connectivity index (χ3v) is 4.02. The van der Waals surface area contributed by atoms with E-state index < -0.39 is 0 Å². The summed E-state index contributed by atoms with van der Waals surface area (Å²) in [7, 11) is 0. The molecule has 0 bridgehead atoms. The molecule has 0 N–H and O–H groups in total. The van der Waals surface area contributed by atoms with Crippen molar-refractivity contribution in [1.29, 1.82) is 0 Å². The number of carbonyl (C=O) groups is 1. The molecule has 26 heavy (non-hydrogen) atoms. The van der Waals surface area contributed by atoms with Crippen molar-refractivity contribution < 1.29 is 9.63 Å². The maximum absolute atomic E-state index is 12.0. The minimum absolute atomic E-state index is 0.309. The Kier molecular flexibility index (Phi) is 27.3. The number of hydrogen-bond donors (Lipinski definition) is 0. The Balaban J connectivity index is -0.000000795. The van der Waals surface area contributed by atoms with Crippen molar-refractivity contribution >= 4 is 11.6 Å². The molecule has 158 valence electrons. The van der Waals surface area contributed by atoms with Crippen LogP contribution < -0.4 is 0 Å². The first-order valence-electron chi connectivity index (χ1n) is 11.1. The van der Waals surface area contributed by atoms with Crippen LogP contribution >= 0.6 is 0 Å².